The summed E-state index contributed by atoms with van der Waals surface area (Å²) in [5.74, 6) is -1.89. The average Bonchev–Trinajstić information content (AvgIpc) is 3.35. The maximum absolute atomic E-state index is 12.2. The van der Waals surface area contributed by atoms with Gasteiger partial charge in [-0.1, -0.05) is 51.9 Å². The van der Waals surface area contributed by atoms with Crippen LogP contribution in [0.2, 0.25) is 0 Å². The summed E-state index contributed by atoms with van der Waals surface area (Å²) in [7, 11) is 0. The Morgan fingerprint density at radius 2 is 1.88 bits per heavy atom. The highest BCUT2D eigenvalue weighted by atomic mass is 16.6. The van der Waals surface area contributed by atoms with Crippen LogP contribution < -0.4 is 5.32 Å². The second kappa shape index (κ2) is 9.60. The van der Waals surface area contributed by atoms with Gasteiger partial charge < -0.3 is 25.4 Å². The van der Waals surface area contributed by atoms with Crippen LogP contribution in [0.5, 0.6) is 0 Å². The van der Waals surface area contributed by atoms with E-state index < -0.39 is 36.0 Å². The number of unbranched alkanes of at least 4 members (excludes halogenated alkanes) is 6. The van der Waals surface area contributed by atoms with Crippen molar-refractivity contribution in [3.8, 4) is 0 Å². The van der Waals surface area contributed by atoms with Gasteiger partial charge in [0.25, 0.3) is 5.91 Å². The van der Waals surface area contributed by atoms with Crippen molar-refractivity contribution in [3.63, 3.8) is 0 Å². The molecular weight excluding hydrogens is 338 g/mol. The van der Waals surface area contributed by atoms with Gasteiger partial charge in [-0.15, -0.1) is 0 Å². The standard InChI is InChI=1S/C19H31NO6/c1-2-3-4-5-6-7-8-9-14-15(26-14)10-11-16(22)19(25)17(23)13(12-21)20-18(19)24/h10-11,13-15,17,21,23,25H,2-9,12H2,1H3,(H,20,24)/b11-10+/t13-,14+,15+,17-,19+/m0/s1. The summed E-state index contributed by atoms with van der Waals surface area (Å²) in [6.45, 7) is 1.64. The summed E-state index contributed by atoms with van der Waals surface area (Å²) in [5.41, 5.74) is -2.55. The van der Waals surface area contributed by atoms with Crippen molar-refractivity contribution in [2.24, 2.45) is 0 Å². The monoisotopic (exact) mass is 369 g/mol. The molecule has 26 heavy (non-hydrogen) atoms. The van der Waals surface area contributed by atoms with E-state index in [0.717, 1.165) is 18.9 Å². The normalized spacial score (nSPS) is 33.6. The van der Waals surface area contributed by atoms with E-state index in [1.54, 1.807) is 0 Å². The number of hydrogen-bond acceptors (Lipinski definition) is 6. The lowest BCUT2D eigenvalue weighted by atomic mass is 9.91. The molecule has 2 aliphatic heterocycles. The highest BCUT2D eigenvalue weighted by Gasteiger charge is 2.58. The zero-order chi connectivity index (χ0) is 19.2. The van der Waals surface area contributed by atoms with Gasteiger partial charge in [0.15, 0.2) is 5.78 Å². The first-order valence-corrected chi connectivity index (χ1v) is 9.65. The number of ether oxygens (including phenoxy) is 1. The molecular formula is C19H31NO6. The topological polar surface area (TPSA) is 119 Å². The zero-order valence-corrected chi connectivity index (χ0v) is 15.4. The van der Waals surface area contributed by atoms with Crippen LogP contribution in [0.1, 0.15) is 58.3 Å². The van der Waals surface area contributed by atoms with Gasteiger partial charge in [-0.05, 0) is 18.6 Å². The molecule has 2 heterocycles. The number of amides is 1. The quantitative estimate of drug-likeness (QED) is 0.173. The van der Waals surface area contributed by atoms with Crippen LogP contribution in [-0.2, 0) is 14.3 Å². The largest absolute Gasteiger partial charge is 0.394 e. The molecule has 0 saturated carbocycles. The molecule has 0 unspecified atom stereocenters. The minimum absolute atomic E-state index is 0.0804. The number of carbonyl (C=O) groups excluding carboxylic acids is 2. The maximum atomic E-state index is 12.2. The van der Waals surface area contributed by atoms with Gasteiger partial charge >= 0.3 is 0 Å². The summed E-state index contributed by atoms with van der Waals surface area (Å²) < 4.78 is 5.48. The molecule has 2 aliphatic rings. The fraction of sp³-hybridized carbons (Fsp3) is 0.789. The lowest BCUT2D eigenvalue weighted by Crippen LogP contribution is -2.52. The minimum atomic E-state index is -2.55. The van der Waals surface area contributed by atoms with Gasteiger partial charge in [0.1, 0.15) is 12.2 Å². The Morgan fingerprint density at radius 1 is 1.23 bits per heavy atom. The third kappa shape index (κ3) is 4.91. The van der Waals surface area contributed by atoms with Crippen LogP contribution in [0, 0.1) is 0 Å². The van der Waals surface area contributed by atoms with Crippen molar-refractivity contribution in [2.75, 3.05) is 6.61 Å². The number of epoxide rings is 1. The third-order valence-electron chi connectivity index (χ3n) is 5.20. The van der Waals surface area contributed by atoms with Crippen molar-refractivity contribution in [3.05, 3.63) is 12.2 Å². The van der Waals surface area contributed by atoms with E-state index in [4.69, 9.17) is 9.84 Å². The number of carbonyl (C=O) groups is 2. The molecule has 0 aromatic carbocycles. The summed E-state index contributed by atoms with van der Waals surface area (Å²) in [5, 5.41) is 31.4. The Morgan fingerprint density at radius 3 is 2.50 bits per heavy atom. The molecule has 0 aromatic rings. The van der Waals surface area contributed by atoms with Crippen LogP contribution in [0.4, 0.5) is 0 Å². The van der Waals surface area contributed by atoms with Crippen molar-refractivity contribution in [1.82, 2.24) is 5.32 Å². The molecule has 2 saturated heterocycles. The van der Waals surface area contributed by atoms with Gasteiger partial charge in [-0.3, -0.25) is 9.59 Å². The highest BCUT2D eigenvalue weighted by molar-refractivity contribution is 6.16. The fourth-order valence-corrected chi connectivity index (χ4v) is 3.36. The van der Waals surface area contributed by atoms with Crippen LogP contribution in [0.25, 0.3) is 0 Å². The zero-order valence-electron chi connectivity index (χ0n) is 15.4. The molecule has 0 aromatic heterocycles. The second-order valence-corrected chi connectivity index (χ2v) is 7.25. The minimum Gasteiger partial charge on any atom is -0.394 e. The van der Waals surface area contributed by atoms with Crippen LogP contribution in [0.15, 0.2) is 12.2 Å². The van der Waals surface area contributed by atoms with Gasteiger partial charge in [-0.25, -0.2) is 0 Å². The molecule has 7 nitrogen and oxygen atoms in total. The second-order valence-electron chi connectivity index (χ2n) is 7.25. The molecule has 0 radical (unpaired) electrons. The van der Waals surface area contributed by atoms with E-state index in [-0.39, 0.29) is 12.2 Å². The third-order valence-corrected chi connectivity index (χ3v) is 5.20. The van der Waals surface area contributed by atoms with Crippen molar-refractivity contribution in [2.45, 2.75) is 88.2 Å². The summed E-state index contributed by atoms with van der Waals surface area (Å²) in [6.07, 6.45) is 10.4. The Hall–Kier alpha value is -1.28. The van der Waals surface area contributed by atoms with E-state index in [0.29, 0.717) is 0 Å². The molecule has 1 amide bonds. The molecule has 0 aliphatic carbocycles. The summed E-state index contributed by atoms with van der Waals surface area (Å²) in [6, 6.07) is -1.05. The Labute approximate surface area is 154 Å². The van der Waals surface area contributed by atoms with E-state index >= 15 is 0 Å². The van der Waals surface area contributed by atoms with Crippen molar-refractivity contribution in [1.29, 1.82) is 0 Å². The maximum Gasteiger partial charge on any atom is 0.263 e. The average molecular weight is 369 g/mol. The first kappa shape index (κ1) is 21.0. The highest BCUT2D eigenvalue weighted by Crippen LogP contribution is 2.30. The number of hydrogen-bond donors (Lipinski definition) is 4. The van der Waals surface area contributed by atoms with E-state index in [2.05, 4.69) is 12.2 Å². The SMILES string of the molecule is CCCCCCCCC[C@H]1O[C@@H]1/C=C/C(=O)[C@]1(O)C(=O)N[C@@H](CO)[C@@H]1O. The molecule has 5 atom stereocenters. The van der Waals surface area contributed by atoms with Gasteiger partial charge in [0.05, 0.1) is 18.8 Å². The number of nitrogens with one attached hydrogen (secondary N) is 1. The molecule has 4 N–H and O–H groups in total. The molecule has 7 heteroatoms. The Bertz CT molecular complexity index is 522. The molecule has 0 spiro atoms. The van der Waals surface area contributed by atoms with Crippen molar-refractivity contribution >= 4 is 11.7 Å². The summed E-state index contributed by atoms with van der Waals surface area (Å²) in [4.78, 5) is 24.0. The van der Waals surface area contributed by atoms with Crippen LogP contribution in [0.3, 0.4) is 0 Å². The molecule has 2 rings (SSSR count). The van der Waals surface area contributed by atoms with Gasteiger partial charge in [-0.2, -0.15) is 0 Å². The Kier molecular flexibility index (Phi) is 7.76. The van der Waals surface area contributed by atoms with E-state index in [9.17, 15) is 19.8 Å². The first-order valence-electron chi connectivity index (χ1n) is 9.65. The lowest BCUT2D eigenvalue weighted by molar-refractivity contribution is -0.154. The predicted octanol–water partition coefficient (Wildman–Crippen LogP) is 0.602. The van der Waals surface area contributed by atoms with E-state index in [1.165, 1.54) is 44.6 Å². The van der Waals surface area contributed by atoms with E-state index in [1.807, 2.05) is 0 Å². The number of rotatable bonds is 12. The van der Waals surface area contributed by atoms with Crippen LogP contribution >= 0.6 is 0 Å². The number of aliphatic hydroxyl groups excluding tert-OH is 2. The fourth-order valence-electron chi connectivity index (χ4n) is 3.36. The summed E-state index contributed by atoms with van der Waals surface area (Å²) >= 11 is 0. The smallest absolute Gasteiger partial charge is 0.263 e. The first-order chi connectivity index (χ1) is 12.4. The molecule has 2 fully saturated rings. The van der Waals surface area contributed by atoms with Crippen LogP contribution in [-0.4, -0.2) is 63.6 Å². The number of aliphatic hydroxyl groups is 3. The Balaban J connectivity index is 1.69. The van der Waals surface area contributed by atoms with Gasteiger partial charge in [0.2, 0.25) is 5.60 Å². The lowest BCUT2D eigenvalue weighted by Gasteiger charge is -2.21. The molecule has 148 valence electrons. The number of ketones is 1. The molecule has 0 bridgehead atoms. The van der Waals surface area contributed by atoms with Gasteiger partial charge in [0, 0.05) is 0 Å². The van der Waals surface area contributed by atoms with Crippen molar-refractivity contribution < 1.29 is 29.6 Å². The predicted molar refractivity (Wildman–Crippen MR) is 95.4 cm³/mol.